The Bertz CT molecular complexity index is 1100. The van der Waals surface area contributed by atoms with Crippen LogP contribution in [0.3, 0.4) is 0 Å². The van der Waals surface area contributed by atoms with E-state index in [0.717, 1.165) is 22.0 Å². The third kappa shape index (κ3) is 4.80. The summed E-state index contributed by atoms with van der Waals surface area (Å²) in [4.78, 5) is 13.4. The fraction of sp³-hybridized carbons (Fsp3) is 0.238. The Morgan fingerprint density at radius 1 is 1.20 bits per heavy atom. The van der Waals surface area contributed by atoms with Crippen LogP contribution in [0.25, 0.3) is 10.7 Å². The number of carbonyl (C=O) groups is 1. The van der Waals surface area contributed by atoms with Crippen LogP contribution in [0.2, 0.25) is 0 Å². The predicted octanol–water partition coefficient (Wildman–Crippen LogP) is 4.90. The van der Waals surface area contributed by atoms with Crippen molar-refractivity contribution in [1.82, 2.24) is 19.9 Å². The topological polar surface area (TPSA) is 85.8 Å². The van der Waals surface area contributed by atoms with Crippen molar-refractivity contribution < 1.29 is 9.32 Å². The van der Waals surface area contributed by atoms with Crippen LogP contribution in [-0.2, 0) is 11.3 Å². The number of nitrogens with zero attached hydrogens (tertiary/aromatic N) is 4. The summed E-state index contributed by atoms with van der Waals surface area (Å²) < 4.78 is 7.23. The van der Waals surface area contributed by atoms with Crippen molar-refractivity contribution in [2.24, 2.45) is 0 Å². The molecule has 0 bridgehead atoms. The van der Waals surface area contributed by atoms with Crippen molar-refractivity contribution in [2.75, 3.05) is 11.1 Å². The van der Waals surface area contributed by atoms with Crippen LogP contribution in [-0.4, -0.2) is 31.6 Å². The summed E-state index contributed by atoms with van der Waals surface area (Å²) in [5.74, 6) is 1.40. The molecule has 4 rings (SSSR count). The summed E-state index contributed by atoms with van der Waals surface area (Å²) >= 11 is 2.96. The molecular weight excluding hydrogens is 418 g/mol. The van der Waals surface area contributed by atoms with Gasteiger partial charge < -0.3 is 4.52 Å². The van der Waals surface area contributed by atoms with Crippen molar-refractivity contribution >= 4 is 34.9 Å². The number of thiophene rings is 1. The van der Waals surface area contributed by atoms with E-state index in [1.807, 2.05) is 54.1 Å². The summed E-state index contributed by atoms with van der Waals surface area (Å²) in [6.45, 7) is 4.67. The lowest BCUT2D eigenvalue weighted by Crippen LogP contribution is -2.14. The number of carbonyl (C=O) groups excluding carboxylic acids is 1. The zero-order valence-corrected chi connectivity index (χ0v) is 18.2. The maximum absolute atomic E-state index is 12.4. The first-order valence-corrected chi connectivity index (χ1v) is 11.4. The van der Waals surface area contributed by atoms with Gasteiger partial charge in [0.15, 0.2) is 11.0 Å². The lowest BCUT2D eigenvalue weighted by Gasteiger charge is -2.09. The third-order valence-corrected chi connectivity index (χ3v) is 6.19. The summed E-state index contributed by atoms with van der Waals surface area (Å²) in [7, 11) is 0. The Morgan fingerprint density at radius 2 is 2.03 bits per heavy atom. The zero-order chi connectivity index (χ0) is 20.9. The van der Waals surface area contributed by atoms with Gasteiger partial charge in [-0.15, -0.1) is 21.5 Å². The van der Waals surface area contributed by atoms with E-state index in [1.54, 1.807) is 17.4 Å². The first kappa shape index (κ1) is 20.4. The average Bonchev–Trinajstić information content (AvgIpc) is 3.48. The minimum absolute atomic E-state index is 0.182. The van der Waals surface area contributed by atoms with Gasteiger partial charge in [-0.1, -0.05) is 67.2 Å². The SMILES string of the molecule is CC(C)c1cc(NC(=O)CSc2nnc(-c3cccs3)n2Cc2ccccc2)on1. The minimum Gasteiger partial charge on any atom is -0.338 e. The Labute approximate surface area is 182 Å². The summed E-state index contributed by atoms with van der Waals surface area (Å²) in [6.07, 6.45) is 0. The number of benzene rings is 1. The Balaban J connectivity index is 1.48. The second kappa shape index (κ2) is 9.27. The summed E-state index contributed by atoms with van der Waals surface area (Å²) in [5.41, 5.74) is 1.95. The molecule has 1 amide bonds. The number of thioether (sulfide) groups is 1. The van der Waals surface area contributed by atoms with Gasteiger partial charge >= 0.3 is 0 Å². The first-order chi connectivity index (χ1) is 14.6. The smallest absolute Gasteiger partial charge is 0.237 e. The summed E-state index contributed by atoms with van der Waals surface area (Å²) in [6, 6.07) is 15.9. The number of rotatable bonds is 8. The van der Waals surface area contributed by atoms with Crippen LogP contribution in [0.4, 0.5) is 5.88 Å². The number of aromatic nitrogens is 4. The molecule has 0 spiro atoms. The van der Waals surface area contributed by atoms with Gasteiger partial charge in [0.1, 0.15) is 0 Å². The standard InChI is InChI=1S/C21H21N5O2S2/c1-14(2)16-11-19(28-25-16)22-18(27)13-30-21-24-23-20(17-9-6-10-29-17)26(21)12-15-7-4-3-5-8-15/h3-11,14H,12-13H2,1-2H3,(H,22,27). The van der Waals surface area contributed by atoms with Crippen LogP contribution in [0, 0.1) is 0 Å². The van der Waals surface area contributed by atoms with Gasteiger partial charge in [0.25, 0.3) is 0 Å². The van der Waals surface area contributed by atoms with Crippen LogP contribution in [0.1, 0.15) is 31.0 Å². The quantitative estimate of drug-likeness (QED) is 0.393. The van der Waals surface area contributed by atoms with Crippen molar-refractivity contribution in [3.63, 3.8) is 0 Å². The number of nitrogens with one attached hydrogen (secondary N) is 1. The van der Waals surface area contributed by atoms with Gasteiger partial charge in [-0.3, -0.25) is 14.7 Å². The highest BCUT2D eigenvalue weighted by Gasteiger charge is 2.17. The van der Waals surface area contributed by atoms with Gasteiger partial charge in [-0.05, 0) is 22.9 Å². The molecule has 1 N–H and O–H groups in total. The van der Waals surface area contributed by atoms with Gasteiger partial charge in [0.05, 0.1) is 22.9 Å². The maximum atomic E-state index is 12.4. The van der Waals surface area contributed by atoms with E-state index in [4.69, 9.17) is 4.52 Å². The Morgan fingerprint density at radius 3 is 2.73 bits per heavy atom. The molecular formula is C21H21N5O2S2. The van der Waals surface area contributed by atoms with E-state index >= 15 is 0 Å². The number of hydrogen-bond donors (Lipinski definition) is 1. The minimum atomic E-state index is -0.182. The van der Waals surface area contributed by atoms with Crippen LogP contribution in [0.15, 0.2) is 63.6 Å². The molecule has 0 fully saturated rings. The average molecular weight is 440 g/mol. The van der Waals surface area contributed by atoms with Crippen LogP contribution >= 0.6 is 23.1 Å². The van der Waals surface area contributed by atoms with E-state index in [2.05, 4.69) is 32.8 Å². The molecule has 4 aromatic rings. The first-order valence-electron chi connectivity index (χ1n) is 9.50. The zero-order valence-electron chi connectivity index (χ0n) is 16.6. The Hall–Kier alpha value is -2.91. The number of anilines is 1. The molecule has 0 aliphatic heterocycles. The monoisotopic (exact) mass is 439 g/mol. The molecule has 0 saturated carbocycles. The van der Waals surface area contributed by atoms with E-state index in [-0.39, 0.29) is 17.6 Å². The fourth-order valence-electron chi connectivity index (χ4n) is 2.82. The molecule has 1 aromatic carbocycles. The largest absolute Gasteiger partial charge is 0.338 e. The fourth-order valence-corrected chi connectivity index (χ4v) is 4.27. The van der Waals surface area contributed by atoms with Gasteiger partial charge in [-0.2, -0.15) is 0 Å². The molecule has 9 heteroatoms. The van der Waals surface area contributed by atoms with Crippen molar-refractivity contribution in [2.45, 2.75) is 31.5 Å². The highest BCUT2D eigenvalue weighted by molar-refractivity contribution is 7.99. The van der Waals surface area contributed by atoms with E-state index in [0.29, 0.717) is 17.6 Å². The molecule has 0 aliphatic carbocycles. The van der Waals surface area contributed by atoms with E-state index < -0.39 is 0 Å². The molecule has 0 radical (unpaired) electrons. The summed E-state index contributed by atoms with van der Waals surface area (Å²) in [5, 5.41) is 18.1. The molecule has 0 atom stereocenters. The normalized spacial score (nSPS) is 11.2. The van der Waals surface area contributed by atoms with Crippen LogP contribution in [0.5, 0.6) is 0 Å². The van der Waals surface area contributed by atoms with Crippen LogP contribution < -0.4 is 5.32 Å². The van der Waals surface area contributed by atoms with Gasteiger partial charge in [0, 0.05) is 6.07 Å². The van der Waals surface area contributed by atoms with Gasteiger partial charge in [0.2, 0.25) is 11.8 Å². The molecule has 0 aliphatic rings. The molecule has 3 heterocycles. The predicted molar refractivity (Wildman–Crippen MR) is 119 cm³/mol. The maximum Gasteiger partial charge on any atom is 0.237 e. The molecule has 3 aromatic heterocycles. The van der Waals surface area contributed by atoms with Crippen molar-refractivity contribution in [1.29, 1.82) is 0 Å². The molecule has 30 heavy (non-hydrogen) atoms. The van der Waals surface area contributed by atoms with Crippen molar-refractivity contribution in [3.8, 4) is 10.7 Å². The molecule has 154 valence electrons. The number of amides is 1. The van der Waals surface area contributed by atoms with Gasteiger partial charge in [-0.25, -0.2) is 0 Å². The van der Waals surface area contributed by atoms with E-state index in [9.17, 15) is 4.79 Å². The second-order valence-electron chi connectivity index (χ2n) is 6.96. The second-order valence-corrected chi connectivity index (χ2v) is 8.85. The molecule has 0 saturated heterocycles. The third-order valence-electron chi connectivity index (χ3n) is 4.36. The van der Waals surface area contributed by atoms with E-state index in [1.165, 1.54) is 11.8 Å². The highest BCUT2D eigenvalue weighted by atomic mass is 32.2. The lowest BCUT2D eigenvalue weighted by molar-refractivity contribution is -0.113. The lowest BCUT2D eigenvalue weighted by atomic mass is 10.1. The van der Waals surface area contributed by atoms with Crippen molar-refractivity contribution in [3.05, 3.63) is 65.2 Å². The molecule has 7 nitrogen and oxygen atoms in total. The number of hydrogen-bond acceptors (Lipinski definition) is 7. The molecule has 0 unspecified atom stereocenters. The Kier molecular flexibility index (Phi) is 6.29. The highest BCUT2D eigenvalue weighted by Crippen LogP contribution is 2.28.